The van der Waals surface area contributed by atoms with Crippen LogP contribution in [-0.4, -0.2) is 69.7 Å². The highest BCUT2D eigenvalue weighted by Crippen LogP contribution is 2.23. The van der Waals surface area contributed by atoms with E-state index in [0.29, 0.717) is 13.0 Å². The van der Waals surface area contributed by atoms with Crippen molar-refractivity contribution in [3.8, 4) is 0 Å². The molecule has 2 rings (SSSR count). The molecule has 0 aromatic carbocycles. The van der Waals surface area contributed by atoms with E-state index in [1.165, 1.54) is 4.90 Å². The summed E-state index contributed by atoms with van der Waals surface area (Å²) in [6, 6.07) is -1.46. The highest BCUT2D eigenvalue weighted by atomic mass is 16.4. The normalized spacial score (nSPS) is 30.7. The highest BCUT2D eigenvalue weighted by Gasteiger charge is 2.42. The second kappa shape index (κ2) is 5.04. The molecule has 0 saturated carbocycles. The zero-order chi connectivity index (χ0) is 14.2. The first-order valence-electron chi connectivity index (χ1n) is 6.16. The van der Waals surface area contributed by atoms with Crippen LogP contribution in [0.25, 0.3) is 0 Å². The lowest BCUT2D eigenvalue weighted by Gasteiger charge is -2.27. The first kappa shape index (κ1) is 13.6. The van der Waals surface area contributed by atoms with Crippen LogP contribution < -0.4 is 5.73 Å². The van der Waals surface area contributed by atoms with Gasteiger partial charge in [-0.05, 0) is 6.42 Å². The smallest absolute Gasteiger partial charge is 0.326 e. The van der Waals surface area contributed by atoms with Crippen LogP contribution in [0.15, 0.2) is 0 Å². The predicted octanol–water partition coefficient (Wildman–Crippen LogP) is -1.57. The number of carboxylic acid groups (broad SMARTS) is 1. The van der Waals surface area contributed by atoms with Crippen LogP contribution in [-0.2, 0) is 9.59 Å². The van der Waals surface area contributed by atoms with Gasteiger partial charge in [0.2, 0.25) is 5.91 Å². The number of hydrogen-bond donors (Lipinski definition) is 3. The van der Waals surface area contributed by atoms with Crippen molar-refractivity contribution < 1.29 is 24.6 Å². The average Bonchev–Trinajstić information content (AvgIpc) is 2.94. The van der Waals surface area contributed by atoms with E-state index >= 15 is 0 Å². The zero-order valence-corrected chi connectivity index (χ0v) is 10.4. The van der Waals surface area contributed by atoms with Gasteiger partial charge in [-0.3, -0.25) is 4.79 Å². The quantitative estimate of drug-likeness (QED) is 0.560. The molecule has 8 heteroatoms. The number of carbonyl (C=O) groups excluding carboxylic acids is 2. The van der Waals surface area contributed by atoms with E-state index in [0.717, 1.165) is 4.90 Å². The van der Waals surface area contributed by atoms with Gasteiger partial charge in [-0.25, -0.2) is 9.59 Å². The predicted molar refractivity (Wildman–Crippen MR) is 63.0 cm³/mol. The van der Waals surface area contributed by atoms with Gasteiger partial charge in [0.1, 0.15) is 6.04 Å². The molecule has 0 aliphatic carbocycles. The third-order valence-corrected chi connectivity index (χ3v) is 3.67. The van der Waals surface area contributed by atoms with Gasteiger partial charge in [0.15, 0.2) is 0 Å². The third-order valence-electron chi connectivity index (χ3n) is 3.67. The minimum atomic E-state index is -1.13. The third kappa shape index (κ3) is 2.62. The topological polar surface area (TPSA) is 124 Å². The lowest BCUT2D eigenvalue weighted by molar-refractivity contribution is -0.141. The van der Waals surface area contributed by atoms with E-state index < -0.39 is 30.1 Å². The first-order chi connectivity index (χ1) is 8.90. The Balaban J connectivity index is 2.03. The molecule has 3 amide bonds. The Morgan fingerprint density at radius 3 is 2.42 bits per heavy atom. The number of hydrogen-bond acceptors (Lipinski definition) is 4. The zero-order valence-electron chi connectivity index (χ0n) is 10.4. The molecular formula is C11H17N3O5. The monoisotopic (exact) mass is 271 g/mol. The maximum Gasteiger partial charge on any atom is 0.326 e. The minimum Gasteiger partial charge on any atom is -0.480 e. The summed E-state index contributed by atoms with van der Waals surface area (Å²) in [7, 11) is 0. The van der Waals surface area contributed by atoms with Crippen molar-refractivity contribution in [3.63, 3.8) is 0 Å². The summed E-state index contributed by atoms with van der Waals surface area (Å²) < 4.78 is 0. The highest BCUT2D eigenvalue weighted by molar-refractivity contribution is 5.85. The number of aliphatic carboxylic acids is 1. The summed E-state index contributed by atoms with van der Waals surface area (Å²) in [5.41, 5.74) is 5.19. The van der Waals surface area contributed by atoms with E-state index in [1.54, 1.807) is 0 Å². The number of rotatable bonds is 2. The number of nitrogens with zero attached hydrogens (tertiary/aromatic N) is 2. The molecule has 4 N–H and O–H groups in total. The molecule has 0 aromatic rings. The summed E-state index contributed by atoms with van der Waals surface area (Å²) in [5, 5.41) is 18.5. The van der Waals surface area contributed by atoms with Crippen LogP contribution in [0, 0.1) is 5.92 Å². The molecule has 0 aromatic heterocycles. The van der Waals surface area contributed by atoms with E-state index in [1.807, 2.05) is 0 Å². The summed E-state index contributed by atoms with van der Waals surface area (Å²) in [4.78, 5) is 36.9. The Morgan fingerprint density at radius 2 is 1.89 bits per heavy atom. The summed E-state index contributed by atoms with van der Waals surface area (Å²) in [5.74, 6) is -1.96. The number of likely N-dealkylation sites (tertiary alicyclic amines) is 2. The fourth-order valence-corrected chi connectivity index (χ4v) is 2.61. The van der Waals surface area contributed by atoms with E-state index in [4.69, 9.17) is 10.8 Å². The lowest BCUT2D eigenvalue weighted by atomic mass is 10.1. The van der Waals surface area contributed by atoms with Gasteiger partial charge >= 0.3 is 12.0 Å². The van der Waals surface area contributed by atoms with Crippen molar-refractivity contribution in [2.24, 2.45) is 11.7 Å². The minimum absolute atomic E-state index is 0.00748. The number of carbonyl (C=O) groups is 3. The molecule has 2 saturated heterocycles. The first-order valence-corrected chi connectivity index (χ1v) is 6.16. The largest absolute Gasteiger partial charge is 0.480 e. The van der Waals surface area contributed by atoms with Crippen molar-refractivity contribution in [2.45, 2.75) is 25.0 Å². The average molecular weight is 271 g/mol. The Kier molecular flexibility index (Phi) is 3.61. The molecule has 106 valence electrons. The molecule has 2 heterocycles. The number of nitrogens with two attached hydrogens (primary N) is 1. The summed E-state index contributed by atoms with van der Waals surface area (Å²) in [6.45, 7) is 0.603. The van der Waals surface area contributed by atoms with Crippen molar-refractivity contribution in [3.05, 3.63) is 0 Å². The fraction of sp³-hybridized carbons (Fsp3) is 0.727. The number of amides is 3. The van der Waals surface area contributed by atoms with Gasteiger partial charge in [-0.2, -0.15) is 0 Å². The number of urea groups is 1. The Morgan fingerprint density at radius 1 is 1.21 bits per heavy atom. The molecular weight excluding hydrogens is 254 g/mol. The molecule has 0 radical (unpaired) electrons. The van der Waals surface area contributed by atoms with E-state index in [9.17, 15) is 19.5 Å². The fourth-order valence-electron chi connectivity index (χ4n) is 2.61. The van der Waals surface area contributed by atoms with Crippen LogP contribution in [0.4, 0.5) is 4.79 Å². The van der Waals surface area contributed by atoms with Gasteiger partial charge in [0.25, 0.3) is 0 Å². The molecule has 8 nitrogen and oxygen atoms in total. The van der Waals surface area contributed by atoms with Gasteiger partial charge in [-0.15, -0.1) is 0 Å². The van der Waals surface area contributed by atoms with Crippen molar-refractivity contribution in [1.82, 2.24) is 9.80 Å². The molecule has 3 atom stereocenters. The van der Waals surface area contributed by atoms with Crippen molar-refractivity contribution in [1.29, 1.82) is 0 Å². The van der Waals surface area contributed by atoms with Crippen molar-refractivity contribution >= 4 is 17.9 Å². The second-order valence-electron chi connectivity index (χ2n) is 5.01. The van der Waals surface area contributed by atoms with Crippen LogP contribution >= 0.6 is 0 Å². The Labute approximate surface area is 109 Å². The number of aliphatic hydroxyl groups excluding tert-OH is 1. The number of carboxylic acids is 1. The SMILES string of the molecule is NC(=O)C1CCN(C(=O)N2C[C@H](O)C[C@@H]2C(=O)O)C1. The maximum atomic E-state index is 12.2. The van der Waals surface area contributed by atoms with Gasteiger partial charge in [-0.1, -0.05) is 0 Å². The maximum absolute atomic E-state index is 12.2. The number of primary amides is 1. The molecule has 2 aliphatic rings. The molecule has 1 unspecified atom stereocenters. The van der Waals surface area contributed by atoms with Gasteiger partial charge in [0, 0.05) is 26.1 Å². The molecule has 2 fully saturated rings. The van der Waals surface area contributed by atoms with Gasteiger partial charge < -0.3 is 25.7 Å². The number of β-amino-alcohol motifs (C(OH)–C–C–N with tert-alkyl or cyclic N) is 1. The molecule has 0 spiro atoms. The van der Waals surface area contributed by atoms with Crippen LogP contribution in [0.2, 0.25) is 0 Å². The Bertz CT molecular complexity index is 413. The van der Waals surface area contributed by atoms with E-state index in [2.05, 4.69) is 0 Å². The molecule has 19 heavy (non-hydrogen) atoms. The van der Waals surface area contributed by atoms with Crippen LogP contribution in [0.3, 0.4) is 0 Å². The van der Waals surface area contributed by atoms with E-state index in [-0.39, 0.29) is 25.4 Å². The van der Waals surface area contributed by atoms with Crippen LogP contribution in [0.1, 0.15) is 12.8 Å². The second-order valence-corrected chi connectivity index (χ2v) is 5.01. The van der Waals surface area contributed by atoms with Crippen LogP contribution in [0.5, 0.6) is 0 Å². The molecule has 2 aliphatic heterocycles. The van der Waals surface area contributed by atoms with Crippen molar-refractivity contribution in [2.75, 3.05) is 19.6 Å². The number of aliphatic hydroxyl groups is 1. The summed E-state index contributed by atoms with van der Waals surface area (Å²) >= 11 is 0. The standard InChI is InChI=1S/C11H17N3O5/c12-9(16)6-1-2-13(4-6)11(19)14-5-7(15)3-8(14)10(17)18/h6-8,15H,1-5H2,(H2,12,16)(H,17,18)/t6?,7-,8-/m1/s1. The summed E-state index contributed by atoms with van der Waals surface area (Å²) in [6.07, 6.45) is -0.289. The molecule has 0 bridgehead atoms. The van der Waals surface area contributed by atoms with Gasteiger partial charge in [0.05, 0.1) is 12.0 Å². The Hall–Kier alpha value is -1.83. The lowest BCUT2D eigenvalue weighted by Crippen LogP contribution is -2.47.